The van der Waals surface area contributed by atoms with E-state index in [1.54, 1.807) is 5.57 Å². The van der Waals surface area contributed by atoms with Crippen molar-refractivity contribution in [3.8, 4) is 0 Å². The van der Waals surface area contributed by atoms with Crippen LogP contribution in [-0.2, 0) is 0 Å². The van der Waals surface area contributed by atoms with Crippen LogP contribution in [0.5, 0.6) is 0 Å². The fraction of sp³-hybridized carbons (Fsp3) is 0.600. The van der Waals surface area contributed by atoms with Gasteiger partial charge in [0.25, 0.3) is 0 Å². The van der Waals surface area contributed by atoms with E-state index in [0.29, 0.717) is 6.04 Å². The summed E-state index contributed by atoms with van der Waals surface area (Å²) in [5.41, 5.74) is 7.47. The molecule has 0 radical (unpaired) electrons. The maximum Gasteiger partial charge on any atom is 0.00765 e. The van der Waals surface area contributed by atoms with Crippen LogP contribution in [-0.4, -0.2) is 6.04 Å². The molecule has 0 spiro atoms. The second kappa shape index (κ2) is 2.82. The average Bonchev–Trinajstić information content (AvgIpc) is 2.04. The molecule has 1 saturated carbocycles. The zero-order valence-corrected chi connectivity index (χ0v) is 6.79. The Balaban J connectivity index is 2.12. The fourth-order valence-corrected chi connectivity index (χ4v) is 2.08. The van der Waals surface area contributed by atoms with Crippen LogP contribution >= 0.6 is 0 Å². The maximum absolute atomic E-state index is 5.88. The van der Waals surface area contributed by atoms with Gasteiger partial charge in [0.15, 0.2) is 0 Å². The smallest absolute Gasteiger partial charge is 0.00765 e. The molecule has 0 aromatic carbocycles. The zero-order valence-electron chi connectivity index (χ0n) is 6.79. The Morgan fingerprint density at radius 3 is 3.18 bits per heavy atom. The van der Waals surface area contributed by atoms with Crippen molar-refractivity contribution in [1.82, 2.24) is 0 Å². The molecule has 2 rings (SSSR count). The Morgan fingerprint density at radius 1 is 1.36 bits per heavy atom. The van der Waals surface area contributed by atoms with Crippen LogP contribution in [0.2, 0.25) is 0 Å². The van der Waals surface area contributed by atoms with Crippen molar-refractivity contribution in [3.63, 3.8) is 0 Å². The second-order valence-electron chi connectivity index (χ2n) is 3.64. The van der Waals surface area contributed by atoms with Crippen molar-refractivity contribution in [2.75, 3.05) is 0 Å². The number of hydrogen-bond donors (Lipinski definition) is 1. The Morgan fingerprint density at radius 2 is 2.27 bits per heavy atom. The lowest BCUT2D eigenvalue weighted by Crippen LogP contribution is -2.28. The van der Waals surface area contributed by atoms with Crippen molar-refractivity contribution >= 4 is 0 Å². The van der Waals surface area contributed by atoms with Gasteiger partial charge < -0.3 is 5.73 Å². The lowest BCUT2D eigenvalue weighted by Gasteiger charge is -2.30. The third-order valence-electron chi connectivity index (χ3n) is 2.78. The van der Waals surface area contributed by atoms with Gasteiger partial charge in [0.05, 0.1) is 0 Å². The molecule has 2 N–H and O–H groups in total. The zero-order chi connectivity index (χ0) is 7.68. The molecular formula is C10H15N. The van der Waals surface area contributed by atoms with Crippen molar-refractivity contribution in [3.05, 3.63) is 23.8 Å². The van der Waals surface area contributed by atoms with Gasteiger partial charge in [-0.2, -0.15) is 0 Å². The van der Waals surface area contributed by atoms with Crippen LogP contribution in [0.3, 0.4) is 0 Å². The van der Waals surface area contributed by atoms with Crippen molar-refractivity contribution in [2.45, 2.75) is 31.7 Å². The van der Waals surface area contributed by atoms with Crippen LogP contribution in [0.25, 0.3) is 0 Å². The van der Waals surface area contributed by atoms with Gasteiger partial charge in [-0.1, -0.05) is 23.8 Å². The summed E-state index contributed by atoms with van der Waals surface area (Å²) in [6.07, 6.45) is 11.6. The Labute approximate surface area is 68.0 Å². The predicted molar refractivity (Wildman–Crippen MR) is 47.2 cm³/mol. The van der Waals surface area contributed by atoms with Gasteiger partial charge in [-0.25, -0.2) is 0 Å². The molecule has 0 amide bonds. The van der Waals surface area contributed by atoms with E-state index in [1.165, 1.54) is 19.3 Å². The van der Waals surface area contributed by atoms with E-state index in [2.05, 4.69) is 18.2 Å². The lowest BCUT2D eigenvalue weighted by molar-refractivity contribution is 0.412. The van der Waals surface area contributed by atoms with Crippen molar-refractivity contribution < 1.29 is 0 Å². The Kier molecular flexibility index (Phi) is 1.82. The molecule has 1 heteroatoms. The summed E-state index contributed by atoms with van der Waals surface area (Å²) in [5, 5.41) is 0. The highest BCUT2D eigenvalue weighted by Crippen LogP contribution is 2.33. The molecule has 1 nitrogen and oxygen atoms in total. The van der Waals surface area contributed by atoms with E-state index in [0.717, 1.165) is 12.3 Å². The maximum atomic E-state index is 5.88. The Bertz CT molecular complexity index is 203. The summed E-state index contributed by atoms with van der Waals surface area (Å²) in [6.45, 7) is 0. The van der Waals surface area contributed by atoms with Gasteiger partial charge >= 0.3 is 0 Å². The molecule has 11 heavy (non-hydrogen) atoms. The van der Waals surface area contributed by atoms with E-state index in [1.807, 2.05) is 0 Å². The van der Waals surface area contributed by atoms with Crippen LogP contribution in [0.15, 0.2) is 23.8 Å². The van der Waals surface area contributed by atoms with Crippen LogP contribution in [0, 0.1) is 5.92 Å². The minimum absolute atomic E-state index is 0.434. The monoisotopic (exact) mass is 149 g/mol. The second-order valence-corrected chi connectivity index (χ2v) is 3.64. The van der Waals surface area contributed by atoms with Gasteiger partial charge in [0.2, 0.25) is 0 Å². The van der Waals surface area contributed by atoms with E-state index in [9.17, 15) is 0 Å². The highest BCUT2D eigenvalue weighted by atomic mass is 14.6. The molecule has 2 atom stereocenters. The van der Waals surface area contributed by atoms with Crippen LogP contribution < -0.4 is 5.73 Å². The van der Waals surface area contributed by atoms with Gasteiger partial charge in [0.1, 0.15) is 0 Å². The third kappa shape index (κ3) is 1.38. The first-order chi connectivity index (χ1) is 5.36. The normalized spacial score (nSPS) is 36.3. The standard InChI is InChI=1S/C10H15N/c11-10-6-5-8-3-1-2-4-9(8)7-10/h1-2,4,8,10H,3,5-7,11H2. The number of hydrogen-bond acceptors (Lipinski definition) is 1. The molecular weight excluding hydrogens is 134 g/mol. The molecule has 2 unspecified atom stereocenters. The van der Waals surface area contributed by atoms with Crippen LogP contribution in [0.4, 0.5) is 0 Å². The molecule has 0 bridgehead atoms. The van der Waals surface area contributed by atoms with E-state index < -0.39 is 0 Å². The van der Waals surface area contributed by atoms with Gasteiger partial charge in [-0.3, -0.25) is 0 Å². The third-order valence-corrected chi connectivity index (χ3v) is 2.78. The fourth-order valence-electron chi connectivity index (χ4n) is 2.08. The number of rotatable bonds is 0. The predicted octanol–water partition coefficient (Wildman–Crippen LogP) is 2.00. The number of allylic oxidation sites excluding steroid dienone is 3. The Hall–Kier alpha value is -0.560. The van der Waals surface area contributed by atoms with E-state index >= 15 is 0 Å². The highest BCUT2D eigenvalue weighted by Gasteiger charge is 2.22. The summed E-state index contributed by atoms with van der Waals surface area (Å²) in [6, 6.07) is 0.434. The molecule has 60 valence electrons. The molecule has 1 fully saturated rings. The van der Waals surface area contributed by atoms with Gasteiger partial charge in [-0.05, 0) is 31.6 Å². The van der Waals surface area contributed by atoms with Crippen molar-refractivity contribution in [1.29, 1.82) is 0 Å². The first-order valence-electron chi connectivity index (χ1n) is 4.47. The quantitative estimate of drug-likeness (QED) is 0.560. The number of fused-ring (bicyclic) bond motifs is 1. The number of nitrogens with two attached hydrogens (primary N) is 1. The molecule has 0 saturated heterocycles. The summed E-state index contributed by atoms with van der Waals surface area (Å²) >= 11 is 0. The molecule has 0 aromatic heterocycles. The summed E-state index contributed by atoms with van der Waals surface area (Å²) in [7, 11) is 0. The summed E-state index contributed by atoms with van der Waals surface area (Å²) in [4.78, 5) is 0. The summed E-state index contributed by atoms with van der Waals surface area (Å²) in [5.74, 6) is 0.833. The first-order valence-corrected chi connectivity index (χ1v) is 4.47. The molecule has 2 aliphatic rings. The largest absolute Gasteiger partial charge is 0.327 e. The summed E-state index contributed by atoms with van der Waals surface area (Å²) < 4.78 is 0. The van der Waals surface area contributed by atoms with Gasteiger partial charge in [-0.15, -0.1) is 0 Å². The van der Waals surface area contributed by atoms with Gasteiger partial charge in [0, 0.05) is 6.04 Å². The van der Waals surface area contributed by atoms with E-state index in [4.69, 9.17) is 5.73 Å². The topological polar surface area (TPSA) is 26.0 Å². The van der Waals surface area contributed by atoms with Crippen LogP contribution in [0.1, 0.15) is 25.7 Å². The lowest BCUT2D eigenvalue weighted by atomic mass is 9.78. The molecule has 2 aliphatic carbocycles. The molecule has 0 heterocycles. The molecule has 0 aromatic rings. The van der Waals surface area contributed by atoms with E-state index in [-0.39, 0.29) is 0 Å². The molecule has 0 aliphatic heterocycles. The highest BCUT2D eigenvalue weighted by molar-refractivity contribution is 5.23. The average molecular weight is 149 g/mol. The first kappa shape index (κ1) is 7.11. The SMILES string of the molecule is NC1CCC2CC=CC=C2C1. The minimum Gasteiger partial charge on any atom is -0.327 e. The minimum atomic E-state index is 0.434. The van der Waals surface area contributed by atoms with Crippen molar-refractivity contribution in [2.24, 2.45) is 11.7 Å².